The van der Waals surface area contributed by atoms with Crippen molar-refractivity contribution in [2.75, 3.05) is 13.2 Å². The minimum atomic E-state index is -0.607. The van der Waals surface area contributed by atoms with Crippen LogP contribution >= 0.6 is 23.2 Å². The lowest BCUT2D eigenvalue weighted by Gasteiger charge is -2.08. The number of halogens is 2. The Labute approximate surface area is 159 Å². The van der Waals surface area contributed by atoms with Crippen molar-refractivity contribution in [2.45, 2.75) is 13.0 Å². The Morgan fingerprint density at radius 2 is 1.92 bits per heavy atom. The van der Waals surface area contributed by atoms with Crippen molar-refractivity contribution in [3.8, 4) is 0 Å². The van der Waals surface area contributed by atoms with Gasteiger partial charge in [-0.2, -0.15) is 0 Å². The van der Waals surface area contributed by atoms with E-state index in [-0.39, 0.29) is 25.3 Å². The molecule has 0 saturated carbocycles. The van der Waals surface area contributed by atoms with E-state index >= 15 is 0 Å². The third-order valence-corrected chi connectivity index (χ3v) is 3.80. The van der Waals surface area contributed by atoms with Crippen molar-refractivity contribution < 1.29 is 23.5 Å². The number of amides is 2. The molecule has 0 aliphatic rings. The molecule has 9 heteroatoms. The van der Waals surface area contributed by atoms with Crippen LogP contribution in [0.5, 0.6) is 0 Å². The maximum Gasteiger partial charge on any atom is 0.308 e. The van der Waals surface area contributed by atoms with Crippen LogP contribution in [0.25, 0.3) is 0 Å². The second-order valence-electron chi connectivity index (χ2n) is 5.16. The van der Waals surface area contributed by atoms with E-state index in [1.54, 1.807) is 24.3 Å². The van der Waals surface area contributed by atoms with Gasteiger partial charge in [0, 0.05) is 23.1 Å². The molecule has 0 saturated heterocycles. The number of ether oxygens (including phenoxy) is 1. The van der Waals surface area contributed by atoms with Crippen LogP contribution in [0.4, 0.5) is 0 Å². The summed E-state index contributed by atoms with van der Waals surface area (Å²) in [7, 11) is 0. The second kappa shape index (κ2) is 9.84. The Hall–Kier alpha value is -2.51. The van der Waals surface area contributed by atoms with Crippen molar-refractivity contribution >= 4 is 41.0 Å². The Kier molecular flexibility index (Phi) is 7.50. The van der Waals surface area contributed by atoms with Crippen LogP contribution in [-0.2, 0) is 20.9 Å². The normalized spacial score (nSPS) is 10.2. The Bertz CT molecular complexity index is 777. The highest BCUT2D eigenvalue weighted by atomic mass is 35.5. The van der Waals surface area contributed by atoms with E-state index < -0.39 is 24.4 Å². The number of furan rings is 1. The molecule has 2 amide bonds. The first-order valence-electron chi connectivity index (χ1n) is 7.63. The molecule has 2 aromatic rings. The maximum absolute atomic E-state index is 11.7. The Morgan fingerprint density at radius 3 is 2.62 bits per heavy atom. The first-order valence-corrected chi connectivity index (χ1v) is 8.39. The number of hydrogen-bond donors (Lipinski definition) is 2. The predicted octanol–water partition coefficient (Wildman–Crippen LogP) is 2.57. The van der Waals surface area contributed by atoms with Gasteiger partial charge in [-0.05, 0) is 29.8 Å². The van der Waals surface area contributed by atoms with E-state index in [0.29, 0.717) is 15.6 Å². The molecular weight excluding hydrogens is 383 g/mol. The maximum atomic E-state index is 11.7. The van der Waals surface area contributed by atoms with Crippen molar-refractivity contribution in [3.05, 3.63) is 58.0 Å². The average Bonchev–Trinajstić information content (AvgIpc) is 3.14. The first kappa shape index (κ1) is 19.8. The van der Waals surface area contributed by atoms with Crippen LogP contribution < -0.4 is 10.6 Å². The summed E-state index contributed by atoms with van der Waals surface area (Å²) in [6.07, 6.45) is 1.31. The SMILES string of the molecule is O=C(COC(=O)CCNC(=O)c1ccco1)NCc1ccc(Cl)cc1Cl. The summed E-state index contributed by atoms with van der Waals surface area (Å²) >= 11 is 11.8. The number of nitrogens with one attached hydrogen (secondary N) is 2. The summed E-state index contributed by atoms with van der Waals surface area (Å²) in [5.74, 6) is -1.35. The van der Waals surface area contributed by atoms with Crippen LogP contribution in [0, 0.1) is 0 Å². The van der Waals surface area contributed by atoms with Gasteiger partial charge in [0.25, 0.3) is 11.8 Å². The van der Waals surface area contributed by atoms with Crippen LogP contribution in [0.3, 0.4) is 0 Å². The highest BCUT2D eigenvalue weighted by molar-refractivity contribution is 6.35. The number of hydrogen-bond acceptors (Lipinski definition) is 5. The van der Waals surface area contributed by atoms with E-state index in [4.69, 9.17) is 32.4 Å². The van der Waals surface area contributed by atoms with Gasteiger partial charge in [0.2, 0.25) is 0 Å². The van der Waals surface area contributed by atoms with E-state index in [2.05, 4.69) is 10.6 Å². The van der Waals surface area contributed by atoms with Gasteiger partial charge in [-0.1, -0.05) is 29.3 Å². The molecule has 0 bridgehead atoms. The zero-order valence-electron chi connectivity index (χ0n) is 13.6. The van der Waals surface area contributed by atoms with E-state index in [1.807, 2.05) is 0 Å². The number of rotatable bonds is 8. The molecule has 0 radical (unpaired) electrons. The average molecular weight is 399 g/mol. The third-order valence-electron chi connectivity index (χ3n) is 3.22. The highest BCUT2D eigenvalue weighted by Crippen LogP contribution is 2.20. The molecule has 1 aromatic heterocycles. The van der Waals surface area contributed by atoms with Crippen LogP contribution in [0.1, 0.15) is 22.5 Å². The highest BCUT2D eigenvalue weighted by Gasteiger charge is 2.11. The fraction of sp³-hybridized carbons (Fsp3) is 0.235. The Morgan fingerprint density at radius 1 is 1.12 bits per heavy atom. The monoisotopic (exact) mass is 398 g/mol. The molecule has 0 spiro atoms. The van der Waals surface area contributed by atoms with Crippen molar-refractivity contribution in [1.82, 2.24) is 10.6 Å². The van der Waals surface area contributed by atoms with Gasteiger partial charge >= 0.3 is 5.97 Å². The van der Waals surface area contributed by atoms with Crippen molar-refractivity contribution in [2.24, 2.45) is 0 Å². The molecule has 26 heavy (non-hydrogen) atoms. The topological polar surface area (TPSA) is 97.6 Å². The molecule has 0 aliphatic carbocycles. The van der Waals surface area contributed by atoms with Gasteiger partial charge < -0.3 is 19.8 Å². The number of carbonyl (C=O) groups is 3. The molecule has 0 fully saturated rings. The molecule has 138 valence electrons. The van der Waals surface area contributed by atoms with Crippen LogP contribution in [-0.4, -0.2) is 30.9 Å². The molecule has 1 heterocycles. The quantitative estimate of drug-likeness (QED) is 0.665. The van der Waals surface area contributed by atoms with E-state index in [9.17, 15) is 14.4 Å². The number of carbonyl (C=O) groups excluding carboxylic acids is 3. The summed E-state index contributed by atoms with van der Waals surface area (Å²) < 4.78 is 9.75. The van der Waals surface area contributed by atoms with Gasteiger partial charge in [-0.3, -0.25) is 14.4 Å². The lowest BCUT2D eigenvalue weighted by Crippen LogP contribution is -2.30. The summed E-state index contributed by atoms with van der Waals surface area (Å²) in [6, 6.07) is 8.01. The molecule has 2 rings (SSSR count). The lowest BCUT2D eigenvalue weighted by atomic mass is 10.2. The lowest BCUT2D eigenvalue weighted by molar-refractivity contribution is -0.148. The largest absolute Gasteiger partial charge is 0.459 e. The van der Waals surface area contributed by atoms with Crippen molar-refractivity contribution in [1.29, 1.82) is 0 Å². The summed E-state index contributed by atoms with van der Waals surface area (Å²) in [5, 5.41) is 6.01. The molecule has 1 aromatic carbocycles. The van der Waals surface area contributed by atoms with Gasteiger partial charge in [0.1, 0.15) is 0 Å². The molecule has 7 nitrogen and oxygen atoms in total. The minimum Gasteiger partial charge on any atom is -0.459 e. The zero-order valence-corrected chi connectivity index (χ0v) is 15.1. The number of benzene rings is 1. The summed E-state index contributed by atoms with van der Waals surface area (Å²) in [6.45, 7) is -0.165. The van der Waals surface area contributed by atoms with Gasteiger partial charge in [-0.25, -0.2) is 0 Å². The second-order valence-corrected chi connectivity index (χ2v) is 6.00. The third kappa shape index (κ3) is 6.42. The molecule has 0 unspecified atom stereocenters. The fourth-order valence-corrected chi connectivity index (χ4v) is 2.38. The van der Waals surface area contributed by atoms with E-state index in [0.717, 1.165) is 0 Å². The standard InChI is InChI=1S/C17H16Cl2N2O5/c18-12-4-3-11(13(19)8-12)9-21-15(22)10-26-16(23)5-6-20-17(24)14-2-1-7-25-14/h1-4,7-8H,5-6,9-10H2,(H,20,24)(H,21,22). The zero-order chi connectivity index (χ0) is 18.9. The Balaban J connectivity index is 1.62. The molecule has 0 aliphatic heterocycles. The van der Waals surface area contributed by atoms with Crippen LogP contribution in [0.15, 0.2) is 41.0 Å². The summed E-state index contributed by atoms with van der Waals surface area (Å²) in [4.78, 5) is 34.8. The number of esters is 1. The molecule has 0 atom stereocenters. The van der Waals surface area contributed by atoms with E-state index in [1.165, 1.54) is 12.3 Å². The van der Waals surface area contributed by atoms with Gasteiger partial charge in [0.15, 0.2) is 12.4 Å². The van der Waals surface area contributed by atoms with Crippen molar-refractivity contribution in [3.63, 3.8) is 0 Å². The predicted molar refractivity (Wildman–Crippen MR) is 94.9 cm³/mol. The molecular formula is C17H16Cl2N2O5. The summed E-state index contributed by atoms with van der Waals surface area (Å²) in [5.41, 5.74) is 0.691. The van der Waals surface area contributed by atoms with Gasteiger partial charge in [-0.15, -0.1) is 0 Å². The first-order chi connectivity index (χ1) is 12.5. The smallest absolute Gasteiger partial charge is 0.308 e. The van der Waals surface area contributed by atoms with Gasteiger partial charge in [0.05, 0.1) is 12.7 Å². The fourth-order valence-electron chi connectivity index (χ4n) is 1.90. The molecule has 2 N–H and O–H groups in total. The van der Waals surface area contributed by atoms with Crippen LogP contribution in [0.2, 0.25) is 10.0 Å². The minimum absolute atomic E-state index is 0.0667.